The van der Waals surface area contributed by atoms with E-state index < -0.39 is 5.97 Å². The van der Waals surface area contributed by atoms with Crippen LogP contribution in [0.4, 0.5) is 0 Å². The van der Waals surface area contributed by atoms with Gasteiger partial charge in [0, 0.05) is 19.6 Å². The zero-order chi connectivity index (χ0) is 11.1. The van der Waals surface area contributed by atoms with Crippen LogP contribution >= 0.6 is 0 Å². The summed E-state index contributed by atoms with van der Waals surface area (Å²) in [6.45, 7) is 3.63. The number of aliphatic carboxylic acids is 1. The molecular formula is C8H15N3O4. The van der Waals surface area contributed by atoms with Crippen molar-refractivity contribution in [3.8, 4) is 0 Å². The molecule has 1 aliphatic heterocycles. The summed E-state index contributed by atoms with van der Waals surface area (Å²) in [7, 11) is 0. The third kappa shape index (κ3) is 4.71. The van der Waals surface area contributed by atoms with Crippen molar-refractivity contribution in [2.45, 2.75) is 0 Å². The maximum atomic E-state index is 10.2. The van der Waals surface area contributed by atoms with Gasteiger partial charge in [-0.2, -0.15) is 0 Å². The maximum absolute atomic E-state index is 10.2. The van der Waals surface area contributed by atoms with E-state index in [1.165, 1.54) is 5.01 Å². The molecule has 0 spiro atoms. The van der Waals surface area contributed by atoms with Gasteiger partial charge in [-0.3, -0.25) is 9.91 Å². The first kappa shape index (κ1) is 11.9. The Morgan fingerprint density at radius 3 is 2.53 bits per heavy atom. The number of hydrogen-bond donors (Lipinski definition) is 1. The summed E-state index contributed by atoms with van der Waals surface area (Å²) in [6.07, 6.45) is 0. The average Bonchev–Trinajstić information content (AvgIpc) is 2.25. The van der Waals surface area contributed by atoms with Crippen LogP contribution in [0.3, 0.4) is 0 Å². The highest BCUT2D eigenvalue weighted by Crippen LogP contribution is 2.00. The third-order valence-electron chi connectivity index (χ3n) is 2.24. The van der Waals surface area contributed by atoms with Crippen LogP contribution in [0.15, 0.2) is 5.29 Å². The Morgan fingerprint density at radius 2 is 2.00 bits per heavy atom. The highest BCUT2D eigenvalue weighted by molar-refractivity contribution is 5.67. The zero-order valence-corrected chi connectivity index (χ0v) is 8.46. The molecule has 7 heteroatoms. The van der Waals surface area contributed by atoms with Gasteiger partial charge in [-0.25, -0.2) is 4.79 Å². The molecule has 7 nitrogen and oxygen atoms in total. The Balaban J connectivity index is 2.03. The van der Waals surface area contributed by atoms with E-state index in [-0.39, 0.29) is 6.61 Å². The van der Waals surface area contributed by atoms with Crippen molar-refractivity contribution in [2.24, 2.45) is 5.29 Å². The number of carbonyl (C=O) groups is 1. The SMILES string of the molecule is O=NN1CCN(CCOCC(=O)O)CC1. The molecule has 0 aliphatic carbocycles. The monoisotopic (exact) mass is 217 g/mol. The first-order chi connectivity index (χ1) is 7.22. The minimum absolute atomic E-state index is 0.254. The minimum Gasteiger partial charge on any atom is -0.480 e. The van der Waals surface area contributed by atoms with Crippen LogP contribution in [0.25, 0.3) is 0 Å². The molecule has 1 saturated heterocycles. The molecular weight excluding hydrogens is 202 g/mol. The van der Waals surface area contributed by atoms with Gasteiger partial charge < -0.3 is 9.84 Å². The van der Waals surface area contributed by atoms with Crippen LogP contribution in [0, 0.1) is 4.91 Å². The Kier molecular flexibility index (Phi) is 4.99. The topological polar surface area (TPSA) is 82.4 Å². The van der Waals surface area contributed by atoms with E-state index in [4.69, 9.17) is 9.84 Å². The lowest BCUT2D eigenvalue weighted by Crippen LogP contribution is -2.45. The number of hydrogen-bond acceptors (Lipinski definition) is 5. The summed E-state index contributed by atoms with van der Waals surface area (Å²) in [6, 6.07) is 0. The standard InChI is InChI=1S/C8H15N3O4/c12-8(13)7-15-6-5-10-1-3-11(9-14)4-2-10/h1-7H2,(H,12,13). The predicted octanol–water partition coefficient (Wildman–Crippen LogP) is -0.613. The van der Waals surface area contributed by atoms with Gasteiger partial charge in [-0.05, 0) is 0 Å². The van der Waals surface area contributed by atoms with Gasteiger partial charge in [0.1, 0.15) is 6.61 Å². The van der Waals surface area contributed by atoms with Crippen molar-refractivity contribution >= 4 is 5.97 Å². The molecule has 0 aromatic heterocycles. The Labute approximate surface area is 87.5 Å². The second-order valence-corrected chi connectivity index (χ2v) is 3.32. The lowest BCUT2D eigenvalue weighted by molar-refractivity contribution is -0.142. The van der Waals surface area contributed by atoms with Crippen molar-refractivity contribution in [3.05, 3.63) is 4.91 Å². The predicted molar refractivity (Wildman–Crippen MR) is 52.3 cm³/mol. The Morgan fingerprint density at radius 1 is 1.33 bits per heavy atom. The molecule has 0 amide bonds. The van der Waals surface area contributed by atoms with E-state index in [2.05, 4.69) is 10.2 Å². The molecule has 0 atom stereocenters. The number of nitrogens with zero attached hydrogens (tertiary/aromatic N) is 3. The van der Waals surface area contributed by atoms with Gasteiger partial charge in [0.25, 0.3) is 0 Å². The first-order valence-corrected chi connectivity index (χ1v) is 4.82. The smallest absolute Gasteiger partial charge is 0.329 e. The van der Waals surface area contributed by atoms with Crippen LogP contribution in [-0.4, -0.2) is 66.9 Å². The van der Waals surface area contributed by atoms with Crippen LogP contribution in [-0.2, 0) is 9.53 Å². The molecule has 0 radical (unpaired) electrons. The fraction of sp³-hybridized carbons (Fsp3) is 0.875. The molecule has 0 aromatic carbocycles. The zero-order valence-electron chi connectivity index (χ0n) is 8.46. The highest BCUT2D eigenvalue weighted by atomic mass is 16.5. The van der Waals surface area contributed by atoms with Crippen molar-refractivity contribution in [1.29, 1.82) is 0 Å². The lowest BCUT2D eigenvalue weighted by atomic mass is 10.3. The van der Waals surface area contributed by atoms with Crippen molar-refractivity contribution in [3.63, 3.8) is 0 Å². The molecule has 0 unspecified atom stereocenters. The normalized spacial score (nSPS) is 17.7. The van der Waals surface area contributed by atoms with Crippen LogP contribution in [0.2, 0.25) is 0 Å². The number of ether oxygens (including phenoxy) is 1. The minimum atomic E-state index is -0.954. The lowest BCUT2D eigenvalue weighted by Gasteiger charge is -2.30. The molecule has 0 saturated carbocycles. The summed E-state index contributed by atoms with van der Waals surface area (Å²) >= 11 is 0. The summed E-state index contributed by atoms with van der Waals surface area (Å²) in [5.41, 5.74) is 0. The summed E-state index contributed by atoms with van der Waals surface area (Å²) in [4.78, 5) is 22.4. The molecule has 1 N–H and O–H groups in total. The van der Waals surface area contributed by atoms with Gasteiger partial charge in [0.2, 0.25) is 0 Å². The number of piperazine rings is 1. The van der Waals surface area contributed by atoms with E-state index in [1.807, 2.05) is 0 Å². The second-order valence-electron chi connectivity index (χ2n) is 3.32. The number of carboxylic acid groups (broad SMARTS) is 1. The summed E-state index contributed by atoms with van der Waals surface area (Å²) in [5.74, 6) is -0.954. The van der Waals surface area contributed by atoms with E-state index in [0.29, 0.717) is 26.2 Å². The fourth-order valence-electron chi connectivity index (χ4n) is 1.40. The van der Waals surface area contributed by atoms with Crippen LogP contribution in [0.1, 0.15) is 0 Å². The molecule has 1 heterocycles. The number of nitroso groups, excluding NO2 is 1. The maximum Gasteiger partial charge on any atom is 0.329 e. The second kappa shape index (κ2) is 6.31. The Hall–Kier alpha value is -1.21. The summed E-state index contributed by atoms with van der Waals surface area (Å²) in [5, 5.41) is 12.7. The van der Waals surface area contributed by atoms with Crippen molar-refractivity contribution < 1.29 is 14.6 Å². The van der Waals surface area contributed by atoms with Gasteiger partial charge in [-0.1, -0.05) is 0 Å². The first-order valence-electron chi connectivity index (χ1n) is 4.82. The summed E-state index contributed by atoms with van der Waals surface area (Å²) < 4.78 is 4.91. The molecule has 0 bridgehead atoms. The molecule has 1 rings (SSSR count). The van der Waals surface area contributed by atoms with E-state index >= 15 is 0 Å². The molecule has 1 aliphatic rings. The van der Waals surface area contributed by atoms with Crippen LogP contribution < -0.4 is 0 Å². The van der Waals surface area contributed by atoms with E-state index in [9.17, 15) is 9.70 Å². The van der Waals surface area contributed by atoms with Crippen molar-refractivity contribution in [2.75, 3.05) is 45.9 Å². The van der Waals surface area contributed by atoms with Crippen LogP contribution in [0.5, 0.6) is 0 Å². The van der Waals surface area contributed by atoms with E-state index in [1.54, 1.807) is 0 Å². The Bertz CT molecular complexity index is 216. The molecule has 86 valence electrons. The van der Waals surface area contributed by atoms with Gasteiger partial charge in [-0.15, -0.1) is 4.91 Å². The molecule has 1 fully saturated rings. The van der Waals surface area contributed by atoms with Gasteiger partial charge in [0.05, 0.1) is 25.0 Å². The number of carboxylic acids is 1. The largest absolute Gasteiger partial charge is 0.480 e. The van der Waals surface area contributed by atoms with Gasteiger partial charge >= 0.3 is 5.97 Å². The molecule has 0 aromatic rings. The average molecular weight is 217 g/mol. The number of rotatable bonds is 6. The molecule has 15 heavy (non-hydrogen) atoms. The quantitative estimate of drug-likeness (QED) is 0.472. The van der Waals surface area contributed by atoms with E-state index in [0.717, 1.165) is 13.1 Å². The fourth-order valence-corrected chi connectivity index (χ4v) is 1.40. The van der Waals surface area contributed by atoms with Crippen molar-refractivity contribution in [1.82, 2.24) is 9.91 Å². The third-order valence-corrected chi connectivity index (χ3v) is 2.24. The highest BCUT2D eigenvalue weighted by Gasteiger charge is 2.15. The van der Waals surface area contributed by atoms with Gasteiger partial charge in [0.15, 0.2) is 0 Å².